The average Bonchev–Trinajstić information content (AvgIpc) is 3.17. The van der Waals surface area contributed by atoms with Crippen molar-refractivity contribution in [3.05, 3.63) is 131 Å². The van der Waals surface area contributed by atoms with Crippen LogP contribution < -0.4 is 9.80 Å². The first-order valence-corrected chi connectivity index (χ1v) is 17.5. The molecule has 2 atom stereocenters. The zero-order chi connectivity index (χ0) is 37.6. The topological polar surface area (TPSA) is 56.3 Å². The van der Waals surface area contributed by atoms with Gasteiger partial charge in [0.2, 0.25) is 11.8 Å². The quantitative estimate of drug-likeness (QED) is 0.155. The molecule has 2 fully saturated rings. The summed E-state index contributed by atoms with van der Waals surface area (Å²) in [5.74, 6) is -0.766. The summed E-state index contributed by atoms with van der Waals surface area (Å²) in [6.07, 6.45) is -12.8. The average molecular weight is 739 g/mol. The Morgan fingerprint density at radius 3 is 1.21 bits per heavy atom. The van der Waals surface area contributed by atoms with Crippen molar-refractivity contribution in [1.82, 2.24) is 9.80 Å². The van der Waals surface area contributed by atoms with Crippen molar-refractivity contribution in [2.24, 2.45) is 0 Å². The number of carbonyl (C=O) groups excluding carboxylic acids is 2. The van der Waals surface area contributed by atoms with Crippen LogP contribution in [0, 0.1) is 0 Å². The number of para-hydroxylation sites is 2. The first kappa shape index (κ1) is 37.7. The van der Waals surface area contributed by atoms with Gasteiger partial charge in [0.05, 0.1) is 36.2 Å². The van der Waals surface area contributed by atoms with E-state index in [9.17, 15) is 35.9 Å². The van der Waals surface area contributed by atoms with E-state index in [0.29, 0.717) is 52.4 Å². The molecule has 280 valence electrons. The lowest BCUT2D eigenvalue weighted by Crippen LogP contribution is -2.49. The third kappa shape index (κ3) is 9.69. The Kier molecular flexibility index (Phi) is 11.6. The van der Waals surface area contributed by atoms with Crippen molar-refractivity contribution in [3.8, 4) is 0 Å². The predicted octanol–water partition coefficient (Wildman–Crippen LogP) is 8.00. The van der Waals surface area contributed by atoms with Gasteiger partial charge in [-0.2, -0.15) is 26.3 Å². The minimum absolute atomic E-state index is 0.0250. The molecule has 0 radical (unpaired) electrons. The van der Waals surface area contributed by atoms with Crippen LogP contribution in [-0.4, -0.2) is 74.0 Å². The molecule has 4 aromatic carbocycles. The van der Waals surface area contributed by atoms with Crippen LogP contribution in [0.25, 0.3) is 0 Å². The zero-order valence-electron chi connectivity index (χ0n) is 28.9. The van der Waals surface area contributed by atoms with E-state index in [-0.39, 0.29) is 35.8 Å². The summed E-state index contributed by atoms with van der Waals surface area (Å²) in [6, 6.07) is 28.1. The summed E-state index contributed by atoms with van der Waals surface area (Å²) in [6.45, 7) is 3.54. The number of alkyl halides is 6. The summed E-state index contributed by atoms with van der Waals surface area (Å²) >= 11 is 0. The Balaban J connectivity index is 1.25. The number of piperazine rings is 2. The number of benzene rings is 4. The highest BCUT2D eigenvalue weighted by Crippen LogP contribution is 2.38. The lowest BCUT2D eigenvalue weighted by atomic mass is 9.99. The molecule has 7 nitrogen and oxygen atoms in total. The summed E-state index contributed by atoms with van der Waals surface area (Å²) in [5.41, 5.74) is 0.125. The third-order valence-corrected chi connectivity index (χ3v) is 9.73. The van der Waals surface area contributed by atoms with Crippen LogP contribution in [0.2, 0.25) is 0 Å². The van der Waals surface area contributed by atoms with Crippen molar-refractivity contribution in [1.29, 1.82) is 0 Å². The number of ether oxygens (including phenoxy) is 1. The van der Waals surface area contributed by atoms with Gasteiger partial charge >= 0.3 is 12.4 Å². The van der Waals surface area contributed by atoms with Gasteiger partial charge in [-0.05, 0) is 59.7 Å². The summed E-state index contributed by atoms with van der Waals surface area (Å²) in [4.78, 5) is 35.1. The number of hydrogen-bond acceptors (Lipinski definition) is 5. The van der Waals surface area contributed by atoms with Crippen molar-refractivity contribution in [2.45, 2.75) is 37.4 Å². The number of nitrogens with zero attached hydrogens (tertiary/aromatic N) is 4. The molecule has 0 aromatic heterocycles. The van der Waals surface area contributed by atoms with Gasteiger partial charge in [0, 0.05) is 63.7 Å². The summed E-state index contributed by atoms with van der Waals surface area (Å²) < 4.78 is 89.7. The van der Waals surface area contributed by atoms with Crippen LogP contribution in [0.1, 0.15) is 47.3 Å². The highest BCUT2D eigenvalue weighted by molar-refractivity contribution is 5.78. The molecule has 6 rings (SSSR count). The zero-order valence-corrected chi connectivity index (χ0v) is 28.9. The molecular weight excluding hydrogens is 698 g/mol. The molecule has 2 saturated heterocycles. The fraction of sp³-hybridized carbons (Fsp3) is 0.350. The Labute approximate surface area is 304 Å². The highest BCUT2D eigenvalue weighted by Gasteiger charge is 2.35. The molecule has 53 heavy (non-hydrogen) atoms. The van der Waals surface area contributed by atoms with Crippen molar-refractivity contribution in [2.75, 3.05) is 62.2 Å². The van der Waals surface area contributed by atoms with Crippen LogP contribution in [-0.2, 0) is 26.7 Å². The van der Waals surface area contributed by atoms with E-state index < -0.39 is 35.7 Å². The molecular formula is C40H40F6N4O3. The number of carbonyl (C=O) groups is 2. The first-order valence-electron chi connectivity index (χ1n) is 17.5. The van der Waals surface area contributed by atoms with Crippen molar-refractivity contribution in [3.63, 3.8) is 0 Å². The van der Waals surface area contributed by atoms with Gasteiger partial charge in [-0.25, -0.2) is 0 Å². The maximum atomic E-state index is 13.9. The Hall–Kier alpha value is -5.04. The van der Waals surface area contributed by atoms with E-state index in [1.54, 1.807) is 9.80 Å². The van der Waals surface area contributed by atoms with Crippen molar-refractivity contribution < 1.29 is 40.7 Å². The molecule has 0 spiro atoms. The maximum absolute atomic E-state index is 13.9. The smallest absolute Gasteiger partial charge is 0.368 e. The van der Waals surface area contributed by atoms with Gasteiger partial charge in [0.15, 0.2) is 0 Å². The molecule has 13 heteroatoms. The van der Waals surface area contributed by atoms with Gasteiger partial charge in [0.25, 0.3) is 0 Å². The molecule has 4 aromatic rings. The number of anilines is 2. The lowest BCUT2D eigenvalue weighted by Gasteiger charge is -2.37. The minimum atomic E-state index is -4.70. The molecule has 2 heterocycles. The van der Waals surface area contributed by atoms with E-state index >= 15 is 0 Å². The van der Waals surface area contributed by atoms with Crippen LogP contribution in [0.5, 0.6) is 0 Å². The van der Waals surface area contributed by atoms with E-state index in [4.69, 9.17) is 4.74 Å². The first-order chi connectivity index (χ1) is 25.3. The fourth-order valence-electron chi connectivity index (χ4n) is 6.80. The maximum Gasteiger partial charge on any atom is 0.416 e. The molecule has 0 bridgehead atoms. The Morgan fingerprint density at radius 2 is 0.868 bits per heavy atom. The monoisotopic (exact) mass is 738 g/mol. The summed E-state index contributed by atoms with van der Waals surface area (Å²) in [7, 11) is 0. The second-order valence-electron chi connectivity index (χ2n) is 13.2. The van der Waals surface area contributed by atoms with E-state index in [1.165, 1.54) is 24.3 Å². The highest BCUT2D eigenvalue weighted by atomic mass is 19.4. The van der Waals surface area contributed by atoms with E-state index in [0.717, 1.165) is 35.6 Å². The number of amides is 2. The Morgan fingerprint density at radius 1 is 0.509 bits per heavy atom. The molecule has 2 aliphatic heterocycles. The lowest BCUT2D eigenvalue weighted by molar-refractivity contribution is -0.139. The fourth-order valence-corrected chi connectivity index (χ4v) is 6.80. The van der Waals surface area contributed by atoms with Gasteiger partial charge < -0.3 is 24.3 Å². The number of hydrogen-bond donors (Lipinski definition) is 0. The molecule has 2 amide bonds. The van der Waals surface area contributed by atoms with Gasteiger partial charge in [-0.1, -0.05) is 60.7 Å². The predicted molar refractivity (Wildman–Crippen MR) is 189 cm³/mol. The molecule has 2 unspecified atom stereocenters. The molecule has 0 aliphatic carbocycles. The van der Waals surface area contributed by atoms with Crippen LogP contribution >= 0.6 is 0 Å². The standard InChI is InChI=1S/C40H40F6N4O3/c41-39(42,43)31-11-7-9-29(25-31)35(27-37(51)49-21-17-47(18-22-49)33-13-3-1-4-14-33)53-36(30-10-8-12-32(26-30)40(44,45)46)28-38(52)50-23-19-48(20-24-50)34-15-5-2-6-16-34/h1-16,25-26,35-36H,17-24,27-28H2. The molecule has 2 aliphatic rings. The third-order valence-electron chi connectivity index (χ3n) is 9.73. The summed E-state index contributed by atoms with van der Waals surface area (Å²) in [5, 5.41) is 0. The minimum Gasteiger partial charge on any atom is -0.368 e. The normalized spacial score (nSPS) is 16.7. The largest absolute Gasteiger partial charge is 0.416 e. The van der Waals surface area contributed by atoms with Gasteiger partial charge in [0.1, 0.15) is 0 Å². The van der Waals surface area contributed by atoms with Gasteiger partial charge in [-0.15, -0.1) is 0 Å². The second-order valence-corrected chi connectivity index (χ2v) is 13.2. The number of rotatable bonds is 10. The second kappa shape index (κ2) is 16.3. The molecule has 0 N–H and O–H groups in total. The van der Waals surface area contributed by atoms with E-state index in [1.807, 2.05) is 60.7 Å². The van der Waals surface area contributed by atoms with Crippen LogP contribution in [0.4, 0.5) is 37.7 Å². The number of halogens is 6. The van der Waals surface area contributed by atoms with Gasteiger partial charge in [-0.3, -0.25) is 9.59 Å². The van der Waals surface area contributed by atoms with Crippen molar-refractivity contribution >= 4 is 23.2 Å². The van der Waals surface area contributed by atoms with Crippen LogP contribution in [0.3, 0.4) is 0 Å². The van der Waals surface area contributed by atoms with Crippen LogP contribution in [0.15, 0.2) is 109 Å². The SMILES string of the molecule is O=C(CC(OC(CC(=O)N1CCN(c2ccccc2)CC1)c1cccc(C(F)(F)F)c1)c1cccc(C(F)(F)F)c1)N1CCN(c2ccccc2)CC1. The van der Waals surface area contributed by atoms with E-state index in [2.05, 4.69) is 9.80 Å². The Bertz CT molecular complexity index is 1690. The molecule has 0 saturated carbocycles.